The number of carboxylic acid groups (broad SMARTS) is 1. The third kappa shape index (κ3) is 5.52. The molecule has 19 heavy (non-hydrogen) atoms. The third-order valence-electron chi connectivity index (χ3n) is 2.59. The molecule has 0 aromatic heterocycles. The molecule has 1 aromatic rings. The molecule has 5 nitrogen and oxygen atoms in total. The second-order valence-electron chi connectivity index (χ2n) is 4.61. The molecule has 0 aliphatic rings. The zero-order chi connectivity index (χ0) is 14.3. The van der Waals surface area contributed by atoms with E-state index in [2.05, 4.69) is 5.32 Å². The van der Waals surface area contributed by atoms with Crippen LogP contribution in [-0.4, -0.2) is 29.6 Å². The number of carboxylic acids is 1. The van der Waals surface area contributed by atoms with E-state index in [1.165, 1.54) is 0 Å². The van der Waals surface area contributed by atoms with Crippen LogP contribution < -0.4 is 5.32 Å². The molecule has 104 valence electrons. The fourth-order valence-electron chi connectivity index (χ4n) is 1.56. The Hall–Kier alpha value is -1.88. The van der Waals surface area contributed by atoms with E-state index in [0.717, 1.165) is 5.56 Å². The summed E-state index contributed by atoms with van der Waals surface area (Å²) in [7, 11) is 0. The molecule has 1 amide bonds. The molecule has 0 bridgehead atoms. The van der Waals surface area contributed by atoms with Crippen LogP contribution in [0, 0.1) is 5.92 Å². The zero-order valence-electron chi connectivity index (χ0n) is 11.1. The van der Waals surface area contributed by atoms with E-state index in [1.54, 1.807) is 13.8 Å². The van der Waals surface area contributed by atoms with E-state index in [-0.39, 0.29) is 12.5 Å². The first-order valence-corrected chi connectivity index (χ1v) is 6.14. The lowest BCUT2D eigenvalue weighted by Crippen LogP contribution is -2.45. The lowest BCUT2D eigenvalue weighted by atomic mass is 10.1. The number of hydrogen-bond acceptors (Lipinski definition) is 3. The first-order chi connectivity index (χ1) is 9.00. The van der Waals surface area contributed by atoms with Crippen LogP contribution in [0.15, 0.2) is 30.3 Å². The molecule has 0 radical (unpaired) electrons. The highest BCUT2D eigenvalue weighted by atomic mass is 16.5. The molecule has 1 aromatic carbocycles. The van der Waals surface area contributed by atoms with E-state index < -0.39 is 17.9 Å². The van der Waals surface area contributed by atoms with E-state index in [1.807, 2.05) is 30.3 Å². The van der Waals surface area contributed by atoms with Gasteiger partial charge in [0.05, 0.1) is 6.61 Å². The van der Waals surface area contributed by atoms with Crippen molar-refractivity contribution in [2.75, 3.05) is 6.61 Å². The highest BCUT2D eigenvalue weighted by Gasteiger charge is 2.23. The summed E-state index contributed by atoms with van der Waals surface area (Å²) in [6, 6.07) is 8.58. The molecule has 0 spiro atoms. The summed E-state index contributed by atoms with van der Waals surface area (Å²) < 4.78 is 5.24. The van der Waals surface area contributed by atoms with Crippen LogP contribution in [-0.2, 0) is 20.9 Å². The SMILES string of the molecule is CC(C)[C@@H](NC(=O)COCc1ccccc1)C(=O)O. The van der Waals surface area contributed by atoms with Gasteiger partial charge in [-0.25, -0.2) is 4.79 Å². The van der Waals surface area contributed by atoms with Crippen LogP contribution in [0.5, 0.6) is 0 Å². The summed E-state index contributed by atoms with van der Waals surface area (Å²) in [4.78, 5) is 22.5. The molecule has 0 heterocycles. The minimum atomic E-state index is -1.04. The van der Waals surface area contributed by atoms with Crippen molar-refractivity contribution >= 4 is 11.9 Å². The number of nitrogens with one attached hydrogen (secondary N) is 1. The van der Waals surface area contributed by atoms with Gasteiger partial charge in [-0.15, -0.1) is 0 Å². The monoisotopic (exact) mass is 265 g/mol. The summed E-state index contributed by atoms with van der Waals surface area (Å²) in [5, 5.41) is 11.4. The van der Waals surface area contributed by atoms with Crippen molar-refractivity contribution in [3.63, 3.8) is 0 Å². The molecule has 1 atom stereocenters. The Morgan fingerprint density at radius 2 is 1.89 bits per heavy atom. The molecule has 0 saturated heterocycles. The number of rotatable bonds is 7. The van der Waals surface area contributed by atoms with Crippen LogP contribution in [0.4, 0.5) is 0 Å². The lowest BCUT2D eigenvalue weighted by molar-refractivity contribution is -0.143. The summed E-state index contributed by atoms with van der Waals surface area (Å²) in [6.45, 7) is 3.66. The number of hydrogen-bond donors (Lipinski definition) is 2. The molecule has 0 aliphatic heterocycles. The molecule has 0 fully saturated rings. The molecule has 0 unspecified atom stereocenters. The first kappa shape index (κ1) is 15.2. The van der Waals surface area contributed by atoms with Gasteiger partial charge in [-0.05, 0) is 11.5 Å². The Morgan fingerprint density at radius 3 is 2.42 bits per heavy atom. The lowest BCUT2D eigenvalue weighted by Gasteiger charge is -2.17. The minimum absolute atomic E-state index is 0.147. The molecule has 5 heteroatoms. The van der Waals surface area contributed by atoms with Crippen molar-refractivity contribution in [1.29, 1.82) is 0 Å². The first-order valence-electron chi connectivity index (χ1n) is 6.14. The van der Waals surface area contributed by atoms with Gasteiger partial charge in [0.2, 0.25) is 5.91 Å². The van der Waals surface area contributed by atoms with Crippen LogP contribution in [0.1, 0.15) is 19.4 Å². The van der Waals surface area contributed by atoms with E-state index in [9.17, 15) is 9.59 Å². The van der Waals surface area contributed by atoms with Gasteiger partial charge in [0.15, 0.2) is 0 Å². The van der Waals surface area contributed by atoms with Crippen molar-refractivity contribution in [2.24, 2.45) is 5.92 Å². The maximum absolute atomic E-state index is 11.6. The van der Waals surface area contributed by atoms with E-state index in [4.69, 9.17) is 9.84 Å². The molecular formula is C14H19NO4. The van der Waals surface area contributed by atoms with E-state index >= 15 is 0 Å². The Morgan fingerprint density at radius 1 is 1.26 bits per heavy atom. The van der Waals surface area contributed by atoms with Gasteiger partial charge < -0.3 is 15.2 Å². The summed E-state index contributed by atoms with van der Waals surface area (Å²) >= 11 is 0. The van der Waals surface area contributed by atoms with Gasteiger partial charge in [0.1, 0.15) is 12.6 Å². The summed E-state index contributed by atoms with van der Waals surface area (Å²) in [6.07, 6.45) is 0. The van der Waals surface area contributed by atoms with Crippen LogP contribution in [0.3, 0.4) is 0 Å². The molecule has 2 N–H and O–H groups in total. The largest absolute Gasteiger partial charge is 0.480 e. The van der Waals surface area contributed by atoms with Crippen molar-refractivity contribution in [1.82, 2.24) is 5.32 Å². The van der Waals surface area contributed by atoms with Crippen LogP contribution in [0.2, 0.25) is 0 Å². The molecule has 0 saturated carbocycles. The van der Waals surface area contributed by atoms with E-state index in [0.29, 0.717) is 6.61 Å². The summed E-state index contributed by atoms with van der Waals surface area (Å²) in [5.41, 5.74) is 0.967. The van der Waals surface area contributed by atoms with Gasteiger partial charge in [-0.2, -0.15) is 0 Å². The van der Waals surface area contributed by atoms with Crippen LogP contribution in [0.25, 0.3) is 0 Å². The Kier molecular flexibility index (Phi) is 6.02. The highest BCUT2D eigenvalue weighted by Crippen LogP contribution is 2.02. The van der Waals surface area contributed by atoms with Crippen LogP contribution >= 0.6 is 0 Å². The van der Waals surface area contributed by atoms with Gasteiger partial charge in [-0.3, -0.25) is 4.79 Å². The zero-order valence-corrected chi connectivity index (χ0v) is 11.1. The predicted molar refractivity (Wildman–Crippen MR) is 70.5 cm³/mol. The number of amides is 1. The highest BCUT2D eigenvalue weighted by molar-refractivity contribution is 5.84. The topological polar surface area (TPSA) is 75.6 Å². The van der Waals surface area contributed by atoms with Gasteiger partial charge in [-0.1, -0.05) is 44.2 Å². The number of carbonyl (C=O) groups is 2. The number of ether oxygens (including phenoxy) is 1. The van der Waals surface area contributed by atoms with Crippen molar-refractivity contribution in [3.05, 3.63) is 35.9 Å². The average Bonchev–Trinajstić information content (AvgIpc) is 2.36. The fraction of sp³-hybridized carbons (Fsp3) is 0.429. The predicted octanol–water partition coefficient (Wildman–Crippen LogP) is 1.43. The maximum atomic E-state index is 11.6. The van der Waals surface area contributed by atoms with Crippen molar-refractivity contribution in [2.45, 2.75) is 26.5 Å². The Bertz CT molecular complexity index is 417. The van der Waals surface area contributed by atoms with Crippen molar-refractivity contribution in [3.8, 4) is 0 Å². The third-order valence-corrected chi connectivity index (χ3v) is 2.59. The molecule has 0 aliphatic carbocycles. The normalized spacial score (nSPS) is 12.2. The van der Waals surface area contributed by atoms with Gasteiger partial charge in [0.25, 0.3) is 0 Å². The Labute approximate surface area is 112 Å². The number of benzene rings is 1. The quantitative estimate of drug-likeness (QED) is 0.782. The smallest absolute Gasteiger partial charge is 0.326 e. The maximum Gasteiger partial charge on any atom is 0.326 e. The fourth-order valence-corrected chi connectivity index (χ4v) is 1.56. The summed E-state index contributed by atoms with van der Waals surface area (Å²) in [5.74, 6) is -1.63. The van der Waals surface area contributed by atoms with Gasteiger partial charge >= 0.3 is 5.97 Å². The van der Waals surface area contributed by atoms with Gasteiger partial charge in [0, 0.05) is 0 Å². The molecular weight excluding hydrogens is 246 g/mol. The Balaban J connectivity index is 2.33. The minimum Gasteiger partial charge on any atom is -0.480 e. The molecule has 1 rings (SSSR count). The van der Waals surface area contributed by atoms with Crippen molar-refractivity contribution < 1.29 is 19.4 Å². The number of aliphatic carboxylic acids is 1. The average molecular weight is 265 g/mol. The second kappa shape index (κ2) is 7.53. The second-order valence-corrected chi connectivity index (χ2v) is 4.61. The number of carbonyl (C=O) groups excluding carboxylic acids is 1. The standard InChI is InChI=1S/C14H19NO4/c1-10(2)13(14(17)18)15-12(16)9-19-8-11-6-4-3-5-7-11/h3-7,10,13H,8-9H2,1-2H3,(H,15,16)(H,17,18)/t13-/m1/s1.